The van der Waals surface area contributed by atoms with Crippen LogP contribution in [-0.4, -0.2) is 35.5 Å². The van der Waals surface area contributed by atoms with Crippen molar-refractivity contribution in [2.24, 2.45) is 11.8 Å². The molecule has 1 aliphatic rings. The molecule has 0 radical (unpaired) electrons. The molecule has 4 heteroatoms. The molecule has 4 nitrogen and oxygen atoms in total. The minimum absolute atomic E-state index is 0.114. The minimum Gasteiger partial charge on any atom is -0.481 e. The van der Waals surface area contributed by atoms with Gasteiger partial charge < -0.3 is 10.0 Å². The van der Waals surface area contributed by atoms with Crippen LogP contribution in [0.15, 0.2) is 24.8 Å². The second-order valence-corrected chi connectivity index (χ2v) is 4.00. The van der Waals surface area contributed by atoms with Crippen LogP contribution >= 0.6 is 0 Å². The van der Waals surface area contributed by atoms with Crippen LogP contribution in [0.25, 0.3) is 0 Å². The van der Waals surface area contributed by atoms with E-state index in [1.54, 1.807) is 13.1 Å². The van der Waals surface area contributed by atoms with Crippen molar-refractivity contribution in [1.82, 2.24) is 4.90 Å². The number of hydrogen-bond donors (Lipinski definition) is 1. The van der Waals surface area contributed by atoms with Gasteiger partial charge >= 0.3 is 5.97 Å². The van der Waals surface area contributed by atoms with E-state index >= 15 is 0 Å². The molecule has 0 fully saturated rings. The number of aliphatic carboxylic acids is 1. The van der Waals surface area contributed by atoms with Crippen molar-refractivity contribution in [3.8, 4) is 0 Å². The van der Waals surface area contributed by atoms with Gasteiger partial charge in [0.2, 0.25) is 5.91 Å². The van der Waals surface area contributed by atoms with E-state index in [2.05, 4.69) is 6.58 Å². The quantitative estimate of drug-likeness (QED) is 0.731. The highest BCUT2D eigenvalue weighted by Gasteiger charge is 2.35. The summed E-state index contributed by atoms with van der Waals surface area (Å²) in [5, 5.41) is 9.04. The van der Waals surface area contributed by atoms with Gasteiger partial charge in [0.25, 0.3) is 0 Å². The van der Waals surface area contributed by atoms with E-state index in [1.807, 2.05) is 12.2 Å². The van der Waals surface area contributed by atoms with Gasteiger partial charge in [-0.05, 0) is 12.8 Å². The van der Waals surface area contributed by atoms with E-state index < -0.39 is 17.8 Å². The Kier molecular flexibility index (Phi) is 4.28. The molecule has 0 aromatic carbocycles. The average Bonchev–Trinajstić information content (AvgIpc) is 2.28. The first-order chi connectivity index (χ1) is 7.57. The van der Waals surface area contributed by atoms with E-state index in [0.29, 0.717) is 19.4 Å². The summed E-state index contributed by atoms with van der Waals surface area (Å²) in [6, 6.07) is 0. The lowest BCUT2D eigenvalue weighted by atomic mass is 9.82. The first kappa shape index (κ1) is 12.5. The molecular formula is C12H17NO3. The zero-order valence-corrected chi connectivity index (χ0v) is 9.43. The largest absolute Gasteiger partial charge is 0.481 e. The van der Waals surface area contributed by atoms with Gasteiger partial charge in [0.05, 0.1) is 11.8 Å². The Morgan fingerprint density at radius 1 is 1.44 bits per heavy atom. The Morgan fingerprint density at radius 2 is 2.00 bits per heavy atom. The second-order valence-electron chi connectivity index (χ2n) is 4.00. The molecule has 0 unspecified atom stereocenters. The number of allylic oxidation sites excluding steroid dienone is 2. The molecular weight excluding hydrogens is 206 g/mol. The first-order valence-corrected chi connectivity index (χ1v) is 5.31. The number of likely N-dealkylation sites (N-methyl/N-ethyl adjacent to an activating group) is 1. The van der Waals surface area contributed by atoms with Crippen molar-refractivity contribution in [3.63, 3.8) is 0 Å². The summed E-state index contributed by atoms with van der Waals surface area (Å²) >= 11 is 0. The van der Waals surface area contributed by atoms with Crippen molar-refractivity contribution < 1.29 is 14.7 Å². The maximum atomic E-state index is 12.0. The maximum absolute atomic E-state index is 12.0. The lowest BCUT2D eigenvalue weighted by Crippen LogP contribution is -2.39. The summed E-state index contributed by atoms with van der Waals surface area (Å²) < 4.78 is 0. The Balaban J connectivity index is 2.76. The van der Waals surface area contributed by atoms with Gasteiger partial charge in [-0.2, -0.15) is 0 Å². The summed E-state index contributed by atoms with van der Waals surface area (Å²) in [7, 11) is 1.67. The third kappa shape index (κ3) is 2.72. The Morgan fingerprint density at radius 3 is 2.50 bits per heavy atom. The number of carboxylic acids is 1. The van der Waals surface area contributed by atoms with Crippen LogP contribution < -0.4 is 0 Å². The predicted molar refractivity (Wildman–Crippen MR) is 60.8 cm³/mol. The highest BCUT2D eigenvalue weighted by atomic mass is 16.4. The monoisotopic (exact) mass is 223 g/mol. The molecule has 0 saturated carbocycles. The molecule has 1 rings (SSSR count). The van der Waals surface area contributed by atoms with E-state index in [9.17, 15) is 9.59 Å². The molecule has 1 amide bonds. The van der Waals surface area contributed by atoms with Crippen molar-refractivity contribution in [2.75, 3.05) is 13.6 Å². The van der Waals surface area contributed by atoms with Gasteiger partial charge in [0.15, 0.2) is 0 Å². The Hall–Kier alpha value is -1.58. The highest BCUT2D eigenvalue weighted by Crippen LogP contribution is 2.27. The van der Waals surface area contributed by atoms with Crippen LogP contribution in [0.3, 0.4) is 0 Å². The van der Waals surface area contributed by atoms with Crippen molar-refractivity contribution in [3.05, 3.63) is 24.8 Å². The summed E-state index contributed by atoms with van der Waals surface area (Å²) in [4.78, 5) is 24.5. The van der Waals surface area contributed by atoms with Gasteiger partial charge in [-0.1, -0.05) is 18.2 Å². The van der Waals surface area contributed by atoms with Crippen molar-refractivity contribution in [2.45, 2.75) is 12.8 Å². The number of carboxylic acid groups (broad SMARTS) is 1. The molecule has 16 heavy (non-hydrogen) atoms. The normalized spacial score (nSPS) is 23.8. The topological polar surface area (TPSA) is 57.6 Å². The number of carbonyl (C=O) groups is 2. The molecule has 0 heterocycles. The number of nitrogens with zero attached hydrogens (tertiary/aromatic N) is 1. The minimum atomic E-state index is -0.894. The number of amides is 1. The molecule has 1 N–H and O–H groups in total. The van der Waals surface area contributed by atoms with Crippen molar-refractivity contribution in [1.29, 1.82) is 0 Å². The maximum Gasteiger partial charge on any atom is 0.307 e. The van der Waals surface area contributed by atoms with Gasteiger partial charge in [-0.25, -0.2) is 0 Å². The molecule has 1 aliphatic carbocycles. The standard InChI is InChI=1S/C12H17NO3/c1-3-8-13(2)11(14)9-6-4-5-7-10(9)12(15)16/h3-5,9-10H,1,6-8H2,2H3,(H,15,16)/t9-,10+/m1/s1. The fourth-order valence-electron chi connectivity index (χ4n) is 1.93. The van der Waals surface area contributed by atoms with Crippen LogP contribution in [0, 0.1) is 11.8 Å². The van der Waals surface area contributed by atoms with E-state index in [-0.39, 0.29) is 5.91 Å². The smallest absolute Gasteiger partial charge is 0.307 e. The Bertz CT molecular complexity index is 322. The number of carbonyl (C=O) groups excluding carboxylic acids is 1. The second kappa shape index (κ2) is 5.49. The molecule has 0 aromatic heterocycles. The zero-order chi connectivity index (χ0) is 12.1. The zero-order valence-electron chi connectivity index (χ0n) is 9.43. The summed E-state index contributed by atoms with van der Waals surface area (Å²) in [5.74, 6) is -2.04. The van der Waals surface area contributed by atoms with Gasteiger partial charge in [0, 0.05) is 13.6 Å². The predicted octanol–water partition coefficient (Wildman–Crippen LogP) is 1.30. The van der Waals surface area contributed by atoms with Crippen molar-refractivity contribution >= 4 is 11.9 Å². The molecule has 0 saturated heterocycles. The third-order valence-corrected chi connectivity index (χ3v) is 2.85. The summed E-state index contributed by atoms with van der Waals surface area (Å²) in [6.07, 6.45) is 6.29. The molecule has 0 aliphatic heterocycles. The number of rotatable bonds is 4. The SMILES string of the molecule is C=CCN(C)C(=O)[C@@H]1CC=CC[C@@H]1C(=O)O. The van der Waals surface area contributed by atoms with Gasteiger partial charge in [0.1, 0.15) is 0 Å². The van der Waals surface area contributed by atoms with E-state index in [0.717, 1.165) is 0 Å². The molecule has 2 atom stereocenters. The lowest BCUT2D eigenvalue weighted by Gasteiger charge is -2.28. The van der Waals surface area contributed by atoms with Gasteiger partial charge in [-0.15, -0.1) is 6.58 Å². The number of hydrogen-bond acceptors (Lipinski definition) is 2. The molecule has 0 bridgehead atoms. The molecule has 0 spiro atoms. The summed E-state index contributed by atoms with van der Waals surface area (Å²) in [5.41, 5.74) is 0. The van der Waals surface area contributed by atoms with Crippen LogP contribution in [0.5, 0.6) is 0 Å². The van der Waals surface area contributed by atoms with Gasteiger partial charge in [-0.3, -0.25) is 9.59 Å². The van der Waals surface area contributed by atoms with Crippen LogP contribution in [0.2, 0.25) is 0 Å². The first-order valence-electron chi connectivity index (χ1n) is 5.31. The lowest BCUT2D eigenvalue weighted by molar-refractivity contribution is -0.149. The highest BCUT2D eigenvalue weighted by molar-refractivity contribution is 5.85. The third-order valence-electron chi connectivity index (χ3n) is 2.85. The van der Waals surface area contributed by atoms with Crippen LogP contribution in [0.4, 0.5) is 0 Å². The fourth-order valence-corrected chi connectivity index (χ4v) is 1.93. The van der Waals surface area contributed by atoms with E-state index in [1.165, 1.54) is 4.90 Å². The fraction of sp³-hybridized carbons (Fsp3) is 0.500. The average molecular weight is 223 g/mol. The molecule has 88 valence electrons. The molecule has 0 aromatic rings. The van der Waals surface area contributed by atoms with E-state index in [4.69, 9.17) is 5.11 Å². The Labute approximate surface area is 95.2 Å². The summed E-state index contributed by atoms with van der Waals surface area (Å²) in [6.45, 7) is 4.01. The van der Waals surface area contributed by atoms with Crippen LogP contribution in [0.1, 0.15) is 12.8 Å². The van der Waals surface area contributed by atoms with Crippen LogP contribution in [-0.2, 0) is 9.59 Å².